The molecule has 2 fully saturated rings. The van der Waals surface area contributed by atoms with Gasteiger partial charge in [0.25, 0.3) is 0 Å². The summed E-state index contributed by atoms with van der Waals surface area (Å²) in [5.74, 6) is -0.0813. The number of carbonyl (C=O) groups excluding carboxylic acids is 1. The van der Waals surface area contributed by atoms with Gasteiger partial charge in [0.15, 0.2) is 5.13 Å². The smallest absolute Gasteiger partial charge is 0.343 e. The molecule has 2 saturated heterocycles. The van der Waals surface area contributed by atoms with E-state index in [0.717, 1.165) is 60.9 Å². The van der Waals surface area contributed by atoms with E-state index in [2.05, 4.69) is 16.7 Å². The number of benzene rings is 2. The zero-order chi connectivity index (χ0) is 23.7. The summed E-state index contributed by atoms with van der Waals surface area (Å²) >= 11 is 1.60. The van der Waals surface area contributed by atoms with E-state index in [0.29, 0.717) is 24.4 Å². The number of anilines is 1. The Morgan fingerprint density at radius 3 is 2.38 bits per heavy atom. The second kappa shape index (κ2) is 9.61. The number of carbonyl (C=O) groups is 1. The summed E-state index contributed by atoms with van der Waals surface area (Å²) in [6, 6.07) is 11.4. The molecule has 0 aliphatic carbocycles. The zero-order valence-corrected chi connectivity index (χ0v) is 20.8. The van der Waals surface area contributed by atoms with E-state index in [9.17, 15) is 13.2 Å². The van der Waals surface area contributed by atoms with Crippen LogP contribution in [0.1, 0.15) is 30.1 Å². The van der Waals surface area contributed by atoms with Crippen molar-refractivity contribution < 1.29 is 17.9 Å². The minimum absolute atomic E-state index is 0.198. The summed E-state index contributed by atoms with van der Waals surface area (Å²) in [6.07, 6.45) is 1.76. The molecule has 10 heteroatoms. The van der Waals surface area contributed by atoms with Crippen LogP contribution in [-0.2, 0) is 10.0 Å². The van der Waals surface area contributed by atoms with E-state index in [1.54, 1.807) is 17.4 Å². The molecule has 0 N–H and O–H groups in total. The molecule has 3 aromatic rings. The van der Waals surface area contributed by atoms with Crippen LogP contribution >= 0.6 is 11.3 Å². The number of rotatable bonds is 6. The predicted octanol–water partition coefficient (Wildman–Crippen LogP) is 3.44. The maximum atomic E-state index is 12.7. The van der Waals surface area contributed by atoms with Gasteiger partial charge in [-0.05, 0) is 55.8 Å². The molecule has 180 valence electrons. The summed E-state index contributed by atoms with van der Waals surface area (Å²) in [5.41, 5.74) is 1.19. The topological polar surface area (TPSA) is 83.0 Å². The van der Waals surface area contributed by atoms with Gasteiger partial charge in [0.1, 0.15) is 5.75 Å². The van der Waals surface area contributed by atoms with Gasteiger partial charge >= 0.3 is 5.97 Å². The van der Waals surface area contributed by atoms with Crippen molar-refractivity contribution in [3.8, 4) is 5.75 Å². The third-order valence-corrected chi connectivity index (χ3v) is 9.43. The normalized spacial score (nSPS) is 18.0. The molecule has 2 aliphatic rings. The van der Waals surface area contributed by atoms with Crippen LogP contribution in [0.25, 0.3) is 10.2 Å². The number of hydrogen-bond donors (Lipinski definition) is 0. The first-order chi connectivity index (χ1) is 16.4. The lowest BCUT2D eigenvalue weighted by Crippen LogP contribution is -2.46. The SMILES string of the molecule is CCN1CCN(c2nc3ccc(OC(=O)c4ccc(S(=O)(=O)N5CCCC5)cc4)cc3s2)CC1. The van der Waals surface area contributed by atoms with Crippen LogP contribution in [-0.4, -0.2) is 74.4 Å². The van der Waals surface area contributed by atoms with Crippen molar-refractivity contribution in [3.05, 3.63) is 48.0 Å². The molecule has 0 amide bonds. The molecule has 0 atom stereocenters. The maximum absolute atomic E-state index is 12.7. The first-order valence-electron chi connectivity index (χ1n) is 11.6. The van der Waals surface area contributed by atoms with Gasteiger partial charge in [0.05, 0.1) is 20.7 Å². The number of ether oxygens (including phenoxy) is 1. The van der Waals surface area contributed by atoms with Crippen LogP contribution < -0.4 is 9.64 Å². The van der Waals surface area contributed by atoms with E-state index in [-0.39, 0.29) is 4.90 Å². The summed E-state index contributed by atoms with van der Waals surface area (Å²) in [5, 5.41) is 0.990. The predicted molar refractivity (Wildman–Crippen MR) is 133 cm³/mol. The maximum Gasteiger partial charge on any atom is 0.343 e. The average Bonchev–Trinajstić information content (AvgIpc) is 3.55. The van der Waals surface area contributed by atoms with Gasteiger partial charge in [-0.15, -0.1) is 0 Å². The fourth-order valence-corrected chi connectivity index (χ4v) is 6.92. The lowest BCUT2D eigenvalue weighted by molar-refractivity contribution is 0.0735. The van der Waals surface area contributed by atoms with Crippen molar-refractivity contribution in [2.75, 3.05) is 50.7 Å². The third-order valence-electron chi connectivity index (χ3n) is 6.44. The standard InChI is InChI=1S/C24H28N4O4S2/c1-2-26-13-15-27(16-14-26)24-25-21-10-7-19(17-22(21)33-24)32-23(29)18-5-8-20(9-6-18)34(30,31)28-11-3-4-12-28/h5-10,17H,2-4,11-16H2,1H3. The third kappa shape index (κ3) is 4.68. The Morgan fingerprint density at radius 1 is 1.00 bits per heavy atom. The van der Waals surface area contributed by atoms with Gasteiger partial charge in [0, 0.05) is 45.3 Å². The molecular weight excluding hydrogens is 472 g/mol. The lowest BCUT2D eigenvalue weighted by atomic mass is 10.2. The number of piperazine rings is 1. The fourth-order valence-electron chi connectivity index (χ4n) is 4.35. The second-order valence-corrected chi connectivity index (χ2v) is 11.5. The van der Waals surface area contributed by atoms with Gasteiger partial charge < -0.3 is 14.5 Å². The summed E-state index contributed by atoms with van der Waals surface area (Å²) in [4.78, 5) is 22.4. The van der Waals surface area contributed by atoms with Gasteiger partial charge in [-0.2, -0.15) is 4.31 Å². The number of nitrogens with zero attached hydrogens (tertiary/aromatic N) is 4. The van der Waals surface area contributed by atoms with Gasteiger partial charge in [0.2, 0.25) is 10.0 Å². The Hall–Kier alpha value is -2.53. The van der Waals surface area contributed by atoms with Crippen molar-refractivity contribution in [1.29, 1.82) is 0 Å². The lowest BCUT2D eigenvalue weighted by Gasteiger charge is -2.33. The van der Waals surface area contributed by atoms with E-state index in [4.69, 9.17) is 9.72 Å². The number of aromatic nitrogens is 1. The Morgan fingerprint density at radius 2 is 1.71 bits per heavy atom. The highest BCUT2D eigenvalue weighted by Crippen LogP contribution is 2.32. The van der Waals surface area contributed by atoms with E-state index in [1.165, 1.54) is 28.6 Å². The van der Waals surface area contributed by atoms with E-state index < -0.39 is 16.0 Å². The van der Waals surface area contributed by atoms with Crippen molar-refractivity contribution in [2.24, 2.45) is 0 Å². The highest BCUT2D eigenvalue weighted by molar-refractivity contribution is 7.89. The molecule has 0 unspecified atom stereocenters. The van der Waals surface area contributed by atoms with Gasteiger partial charge in [-0.25, -0.2) is 18.2 Å². The van der Waals surface area contributed by atoms with Crippen molar-refractivity contribution in [3.63, 3.8) is 0 Å². The molecule has 5 rings (SSSR count). The van der Waals surface area contributed by atoms with Crippen LogP contribution in [0.4, 0.5) is 5.13 Å². The molecule has 8 nitrogen and oxygen atoms in total. The van der Waals surface area contributed by atoms with Crippen LogP contribution in [0.3, 0.4) is 0 Å². The first kappa shape index (κ1) is 23.2. The average molecular weight is 501 g/mol. The zero-order valence-electron chi connectivity index (χ0n) is 19.1. The highest BCUT2D eigenvalue weighted by atomic mass is 32.2. The molecule has 2 aromatic carbocycles. The largest absolute Gasteiger partial charge is 0.423 e. The van der Waals surface area contributed by atoms with Crippen LogP contribution in [0, 0.1) is 0 Å². The van der Waals surface area contributed by atoms with Crippen LogP contribution in [0.15, 0.2) is 47.4 Å². The number of sulfonamides is 1. The van der Waals surface area contributed by atoms with E-state index >= 15 is 0 Å². The van der Waals surface area contributed by atoms with E-state index in [1.807, 2.05) is 12.1 Å². The molecule has 3 heterocycles. The number of fused-ring (bicyclic) bond motifs is 1. The Balaban J connectivity index is 1.27. The van der Waals surface area contributed by atoms with Crippen molar-refractivity contribution in [1.82, 2.24) is 14.2 Å². The fraction of sp³-hybridized carbons (Fsp3) is 0.417. The Kier molecular flexibility index (Phi) is 6.57. The molecule has 0 bridgehead atoms. The monoisotopic (exact) mass is 500 g/mol. The van der Waals surface area contributed by atoms with Crippen LogP contribution in [0.2, 0.25) is 0 Å². The molecule has 0 saturated carbocycles. The first-order valence-corrected chi connectivity index (χ1v) is 13.9. The summed E-state index contributed by atoms with van der Waals surface area (Å²) in [7, 11) is -3.51. The number of thiazole rings is 1. The minimum atomic E-state index is -3.51. The number of likely N-dealkylation sites (N-methyl/N-ethyl adjacent to an activating group) is 1. The molecular formula is C24H28N4O4S2. The summed E-state index contributed by atoms with van der Waals surface area (Å²) < 4.78 is 33.4. The molecule has 34 heavy (non-hydrogen) atoms. The summed E-state index contributed by atoms with van der Waals surface area (Å²) in [6.45, 7) is 8.32. The van der Waals surface area contributed by atoms with Gasteiger partial charge in [-0.1, -0.05) is 18.3 Å². The highest BCUT2D eigenvalue weighted by Gasteiger charge is 2.27. The molecule has 0 radical (unpaired) electrons. The quantitative estimate of drug-likeness (QED) is 0.379. The minimum Gasteiger partial charge on any atom is -0.423 e. The van der Waals surface area contributed by atoms with Crippen LogP contribution in [0.5, 0.6) is 5.75 Å². The van der Waals surface area contributed by atoms with Crippen molar-refractivity contribution in [2.45, 2.75) is 24.7 Å². The van der Waals surface area contributed by atoms with Gasteiger partial charge in [-0.3, -0.25) is 0 Å². The second-order valence-electron chi connectivity index (χ2n) is 8.57. The Labute approximate surface area is 203 Å². The molecule has 2 aliphatic heterocycles. The molecule has 1 aromatic heterocycles. The van der Waals surface area contributed by atoms with Crippen molar-refractivity contribution >= 4 is 42.7 Å². The number of hydrogen-bond acceptors (Lipinski definition) is 8. The Bertz CT molecular complexity index is 1280. The number of esters is 1. The molecule has 0 spiro atoms.